The number of carbonyl (C=O) groups excluding carboxylic acids is 2. The average Bonchev–Trinajstić information content (AvgIpc) is 2.70. The van der Waals surface area contributed by atoms with E-state index in [1.54, 1.807) is 0 Å². The number of rotatable bonds is 5. The van der Waals surface area contributed by atoms with E-state index in [0.717, 1.165) is 11.1 Å². The molecule has 3 rings (SSSR count). The lowest BCUT2D eigenvalue weighted by Gasteiger charge is -2.12. The molecular weight excluding hydrogens is 440 g/mol. The molecule has 4 nitrogen and oxygen atoms in total. The normalized spacial score (nSPS) is 10.4. The van der Waals surface area contributed by atoms with E-state index in [1.165, 1.54) is 12.1 Å². The lowest BCUT2D eigenvalue weighted by Crippen LogP contribution is -2.23. The fourth-order valence-corrected chi connectivity index (χ4v) is 3.30. The van der Waals surface area contributed by atoms with Gasteiger partial charge < -0.3 is 10.6 Å². The summed E-state index contributed by atoms with van der Waals surface area (Å²) in [6, 6.07) is 20.1. The molecule has 0 bridgehead atoms. The SMILES string of the molecule is Cc1ccccc1NC(=O)c1cc(C(=O)NCc2ccccc2)cc(Cl)c1Br. The van der Waals surface area contributed by atoms with Gasteiger partial charge in [0.15, 0.2) is 0 Å². The molecule has 3 aromatic rings. The van der Waals surface area contributed by atoms with Crippen LogP contribution in [0, 0.1) is 6.92 Å². The molecule has 0 radical (unpaired) electrons. The van der Waals surface area contributed by atoms with E-state index in [2.05, 4.69) is 26.6 Å². The van der Waals surface area contributed by atoms with E-state index in [-0.39, 0.29) is 11.8 Å². The molecule has 2 amide bonds. The summed E-state index contributed by atoms with van der Waals surface area (Å²) < 4.78 is 0.444. The van der Waals surface area contributed by atoms with Crippen LogP contribution < -0.4 is 10.6 Å². The van der Waals surface area contributed by atoms with Gasteiger partial charge in [0.1, 0.15) is 0 Å². The van der Waals surface area contributed by atoms with Crippen molar-refractivity contribution in [2.45, 2.75) is 13.5 Å². The van der Waals surface area contributed by atoms with Crippen molar-refractivity contribution >= 4 is 45.0 Å². The summed E-state index contributed by atoms with van der Waals surface area (Å²) in [7, 11) is 0. The van der Waals surface area contributed by atoms with Crippen LogP contribution in [0.4, 0.5) is 5.69 Å². The molecule has 0 spiro atoms. The third-order valence-electron chi connectivity index (χ3n) is 4.22. The van der Waals surface area contributed by atoms with Crippen molar-refractivity contribution < 1.29 is 9.59 Å². The highest BCUT2D eigenvalue weighted by atomic mass is 79.9. The summed E-state index contributed by atoms with van der Waals surface area (Å²) in [4.78, 5) is 25.3. The molecule has 6 heteroatoms. The van der Waals surface area contributed by atoms with Crippen LogP contribution in [0.25, 0.3) is 0 Å². The molecule has 0 aromatic heterocycles. The molecule has 0 heterocycles. The predicted octanol–water partition coefficient (Wildman–Crippen LogP) is 5.59. The van der Waals surface area contributed by atoms with Crippen molar-refractivity contribution in [2.24, 2.45) is 0 Å². The van der Waals surface area contributed by atoms with Crippen LogP contribution in [0.3, 0.4) is 0 Å². The van der Waals surface area contributed by atoms with Gasteiger partial charge in [0.25, 0.3) is 11.8 Å². The van der Waals surface area contributed by atoms with Gasteiger partial charge in [-0.2, -0.15) is 0 Å². The van der Waals surface area contributed by atoms with Gasteiger partial charge in [-0.05, 0) is 52.2 Å². The Balaban J connectivity index is 1.80. The van der Waals surface area contributed by atoms with Gasteiger partial charge in [-0.3, -0.25) is 9.59 Å². The maximum absolute atomic E-state index is 12.8. The number of carbonyl (C=O) groups is 2. The van der Waals surface area contributed by atoms with Crippen LogP contribution >= 0.6 is 27.5 Å². The summed E-state index contributed by atoms with van der Waals surface area (Å²) in [5, 5.41) is 6.00. The number of benzene rings is 3. The molecule has 2 N–H and O–H groups in total. The monoisotopic (exact) mass is 456 g/mol. The average molecular weight is 458 g/mol. The smallest absolute Gasteiger partial charge is 0.256 e. The first-order chi connectivity index (χ1) is 13.5. The summed E-state index contributed by atoms with van der Waals surface area (Å²) in [6.45, 7) is 2.29. The minimum Gasteiger partial charge on any atom is -0.348 e. The van der Waals surface area contributed by atoms with Crippen LogP contribution in [0.5, 0.6) is 0 Å². The second-order valence-corrected chi connectivity index (χ2v) is 7.46. The topological polar surface area (TPSA) is 58.2 Å². The molecule has 28 heavy (non-hydrogen) atoms. The molecule has 3 aromatic carbocycles. The van der Waals surface area contributed by atoms with Crippen molar-refractivity contribution in [3.63, 3.8) is 0 Å². The van der Waals surface area contributed by atoms with Crippen molar-refractivity contribution in [3.8, 4) is 0 Å². The molecule has 0 saturated heterocycles. The zero-order valence-corrected chi connectivity index (χ0v) is 17.5. The quantitative estimate of drug-likeness (QED) is 0.524. The number of para-hydroxylation sites is 1. The lowest BCUT2D eigenvalue weighted by atomic mass is 10.1. The van der Waals surface area contributed by atoms with Gasteiger partial charge >= 0.3 is 0 Å². The van der Waals surface area contributed by atoms with Gasteiger partial charge in [-0.1, -0.05) is 60.1 Å². The Kier molecular flexibility index (Phi) is 6.49. The Morgan fingerprint density at radius 2 is 1.64 bits per heavy atom. The van der Waals surface area contributed by atoms with Crippen molar-refractivity contribution in [1.82, 2.24) is 5.32 Å². The fourth-order valence-electron chi connectivity index (χ4n) is 2.67. The molecule has 0 fully saturated rings. The van der Waals surface area contributed by atoms with Crippen molar-refractivity contribution in [1.29, 1.82) is 0 Å². The van der Waals surface area contributed by atoms with Gasteiger partial charge in [0.05, 0.1) is 10.6 Å². The number of nitrogens with one attached hydrogen (secondary N) is 2. The third-order valence-corrected chi connectivity index (χ3v) is 5.60. The van der Waals surface area contributed by atoms with Crippen LogP contribution in [0.2, 0.25) is 5.02 Å². The number of aryl methyl sites for hydroxylation is 1. The molecular formula is C22H18BrClN2O2. The standard InChI is InChI=1S/C22H18BrClN2O2/c1-14-7-5-6-10-19(14)26-22(28)17-11-16(12-18(24)20(17)23)21(27)25-13-15-8-3-2-4-9-15/h2-12H,13H2,1H3,(H,25,27)(H,26,28). The maximum Gasteiger partial charge on any atom is 0.256 e. The molecule has 0 aliphatic carbocycles. The van der Waals surface area contributed by atoms with Crippen LogP contribution in [0.15, 0.2) is 71.2 Å². The second kappa shape index (κ2) is 9.04. The van der Waals surface area contributed by atoms with E-state index in [1.807, 2.05) is 61.5 Å². The predicted molar refractivity (Wildman–Crippen MR) is 116 cm³/mol. The van der Waals surface area contributed by atoms with Gasteiger partial charge in [-0.15, -0.1) is 0 Å². The first-order valence-corrected chi connectivity index (χ1v) is 9.81. The second-order valence-electron chi connectivity index (χ2n) is 6.26. The lowest BCUT2D eigenvalue weighted by molar-refractivity contribution is 0.0951. The molecule has 0 aliphatic rings. The Morgan fingerprint density at radius 3 is 2.36 bits per heavy atom. The summed E-state index contributed by atoms with van der Waals surface area (Å²) in [5.41, 5.74) is 3.24. The summed E-state index contributed by atoms with van der Waals surface area (Å²) in [6.07, 6.45) is 0. The summed E-state index contributed by atoms with van der Waals surface area (Å²) in [5.74, 6) is -0.649. The van der Waals surface area contributed by atoms with Crippen molar-refractivity contribution in [3.05, 3.63) is 98.5 Å². The van der Waals surface area contributed by atoms with E-state index in [9.17, 15) is 9.59 Å². The third kappa shape index (κ3) is 4.80. The van der Waals surface area contributed by atoms with Crippen molar-refractivity contribution in [2.75, 3.05) is 5.32 Å². The number of anilines is 1. The van der Waals surface area contributed by atoms with Gasteiger partial charge in [0, 0.05) is 22.3 Å². The van der Waals surface area contributed by atoms with Gasteiger partial charge in [-0.25, -0.2) is 0 Å². The molecule has 142 valence electrons. The van der Waals surface area contributed by atoms with Crippen LogP contribution in [-0.2, 0) is 6.54 Å². The molecule has 0 aliphatic heterocycles. The zero-order valence-electron chi connectivity index (χ0n) is 15.1. The molecule has 0 saturated carbocycles. The summed E-state index contributed by atoms with van der Waals surface area (Å²) >= 11 is 9.60. The number of halogens is 2. The Morgan fingerprint density at radius 1 is 0.964 bits per heavy atom. The van der Waals surface area contributed by atoms with Crippen LogP contribution in [0.1, 0.15) is 31.8 Å². The highest BCUT2D eigenvalue weighted by Crippen LogP contribution is 2.29. The number of hydrogen-bond acceptors (Lipinski definition) is 2. The fraction of sp³-hybridized carbons (Fsp3) is 0.0909. The highest BCUT2D eigenvalue weighted by molar-refractivity contribution is 9.10. The first kappa shape index (κ1) is 20.1. The van der Waals surface area contributed by atoms with E-state index < -0.39 is 0 Å². The maximum atomic E-state index is 12.8. The highest BCUT2D eigenvalue weighted by Gasteiger charge is 2.18. The Hall–Kier alpha value is -2.63. The minimum atomic E-state index is -0.346. The van der Waals surface area contributed by atoms with E-state index in [0.29, 0.717) is 32.9 Å². The Bertz CT molecular complexity index is 1020. The minimum absolute atomic E-state index is 0.292. The largest absolute Gasteiger partial charge is 0.348 e. The number of amides is 2. The Labute approximate surface area is 177 Å². The van der Waals surface area contributed by atoms with Crippen LogP contribution in [-0.4, -0.2) is 11.8 Å². The van der Waals surface area contributed by atoms with E-state index >= 15 is 0 Å². The number of hydrogen-bond donors (Lipinski definition) is 2. The van der Waals surface area contributed by atoms with Gasteiger partial charge in [0.2, 0.25) is 0 Å². The molecule has 0 atom stereocenters. The molecule has 0 unspecified atom stereocenters. The first-order valence-electron chi connectivity index (χ1n) is 8.64. The van der Waals surface area contributed by atoms with E-state index in [4.69, 9.17) is 11.6 Å². The zero-order chi connectivity index (χ0) is 20.1.